The van der Waals surface area contributed by atoms with Gasteiger partial charge in [-0.25, -0.2) is 0 Å². The first-order valence-electron chi connectivity index (χ1n) is 8.20. The molecule has 3 heterocycles. The molecule has 1 N–H and O–H groups in total. The van der Waals surface area contributed by atoms with E-state index in [0.29, 0.717) is 38.3 Å². The van der Waals surface area contributed by atoms with Crippen molar-refractivity contribution in [2.75, 3.05) is 13.1 Å². The van der Waals surface area contributed by atoms with Crippen molar-refractivity contribution in [1.29, 1.82) is 0 Å². The third kappa shape index (κ3) is 2.72. The predicted octanol–water partition coefficient (Wildman–Crippen LogP) is 1.69. The Kier molecular flexibility index (Phi) is 3.86. The molecule has 24 heavy (non-hydrogen) atoms. The first-order valence-corrected chi connectivity index (χ1v) is 8.20. The molecule has 6 nitrogen and oxygen atoms in total. The smallest absolute Gasteiger partial charge is 0.254 e. The van der Waals surface area contributed by atoms with Crippen LogP contribution in [-0.4, -0.2) is 40.3 Å². The van der Waals surface area contributed by atoms with Crippen LogP contribution in [0.4, 0.5) is 0 Å². The third-order valence-electron chi connectivity index (χ3n) is 4.84. The van der Waals surface area contributed by atoms with Gasteiger partial charge in [0.05, 0.1) is 25.0 Å². The summed E-state index contributed by atoms with van der Waals surface area (Å²) in [5.74, 6) is 0.682. The summed E-state index contributed by atoms with van der Waals surface area (Å²) >= 11 is 0. The Morgan fingerprint density at radius 1 is 1.38 bits per heavy atom. The SMILES string of the molecule is Cc1cc(C[C@@H]2CN(C(=O)c3cccc4c3COC4)C[C@@H]2O)on1. The van der Waals surface area contributed by atoms with E-state index >= 15 is 0 Å². The van der Waals surface area contributed by atoms with Gasteiger partial charge in [0.25, 0.3) is 5.91 Å². The average molecular weight is 328 g/mol. The Bertz CT molecular complexity index is 770. The number of fused-ring (bicyclic) bond motifs is 1. The summed E-state index contributed by atoms with van der Waals surface area (Å²) in [6, 6.07) is 7.60. The Balaban J connectivity index is 1.49. The van der Waals surface area contributed by atoms with Gasteiger partial charge in [-0.05, 0) is 24.1 Å². The van der Waals surface area contributed by atoms with Crippen LogP contribution in [0.3, 0.4) is 0 Å². The lowest BCUT2D eigenvalue weighted by Crippen LogP contribution is -2.30. The molecule has 6 heteroatoms. The highest BCUT2D eigenvalue weighted by molar-refractivity contribution is 5.96. The number of aryl methyl sites for hydroxylation is 1. The van der Waals surface area contributed by atoms with Crippen LogP contribution in [0.1, 0.15) is 32.9 Å². The van der Waals surface area contributed by atoms with Gasteiger partial charge in [-0.3, -0.25) is 4.79 Å². The van der Waals surface area contributed by atoms with Gasteiger partial charge in [0, 0.05) is 37.1 Å². The number of hydrogen-bond donors (Lipinski definition) is 1. The van der Waals surface area contributed by atoms with Crippen LogP contribution in [-0.2, 0) is 24.4 Å². The van der Waals surface area contributed by atoms with Gasteiger partial charge in [0.2, 0.25) is 0 Å². The first kappa shape index (κ1) is 15.4. The highest BCUT2D eigenvalue weighted by Crippen LogP contribution is 2.28. The topological polar surface area (TPSA) is 75.8 Å². The molecule has 0 aliphatic carbocycles. The molecule has 0 radical (unpaired) electrons. The Hall–Kier alpha value is -2.18. The minimum Gasteiger partial charge on any atom is -0.391 e. The van der Waals surface area contributed by atoms with Crippen molar-refractivity contribution >= 4 is 5.91 Å². The molecule has 2 aliphatic heterocycles. The number of ether oxygens (including phenoxy) is 1. The van der Waals surface area contributed by atoms with Crippen LogP contribution in [0.5, 0.6) is 0 Å². The lowest BCUT2D eigenvalue weighted by atomic mass is 10.0. The molecule has 2 aromatic rings. The normalized spacial score (nSPS) is 22.8. The van der Waals surface area contributed by atoms with Gasteiger partial charge >= 0.3 is 0 Å². The molecule has 0 unspecified atom stereocenters. The molecule has 1 amide bonds. The summed E-state index contributed by atoms with van der Waals surface area (Å²) in [5, 5.41) is 14.2. The van der Waals surface area contributed by atoms with E-state index in [9.17, 15) is 9.90 Å². The number of aromatic nitrogens is 1. The number of amides is 1. The molecule has 2 atom stereocenters. The standard InChI is InChI=1S/C18H20N2O4/c1-11-5-14(24-19-11)6-13-7-20(8-17(13)21)18(22)15-4-2-3-12-9-23-10-16(12)15/h2-5,13,17,21H,6-10H2,1H3/t13-,17+/m1/s1. The van der Waals surface area contributed by atoms with Crippen LogP contribution < -0.4 is 0 Å². The fraction of sp³-hybridized carbons (Fsp3) is 0.444. The van der Waals surface area contributed by atoms with Gasteiger partial charge in [-0.2, -0.15) is 0 Å². The van der Waals surface area contributed by atoms with Crippen molar-refractivity contribution in [3.63, 3.8) is 0 Å². The van der Waals surface area contributed by atoms with Crippen molar-refractivity contribution in [3.05, 3.63) is 52.4 Å². The predicted molar refractivity (Wildman–Crippen MR) is 85.3 cm³/mol. The maximum Gasteiger partial charge on any atom is 0.254 e. The van der Waals surface area contributed by atoms with Crippen molar-refractivity contribution in [1.82, 2.24) is 10.1 Å². The average Bonchev–Trinajstić information content (AvgIpc) is 3.28. The van der Waals surface area contributed by atoms with E-state index in [1.54, 1.807) is 4.90 Å². The molecule has 1 fully saturated rings. The zero-order valence-corrected chi connectivity index (χ0v) is 13.6. The Morgan fingerprint density at radius 3 is 3.04 bits per heavy atom. The lowest BCUT2D eigenvalue weighted by Gasteiger charge is -2.17. The van der Waals surface area contributed by atoms with Gasteiger partial charge < -0.3 is 19.3 Å². The molecule has 1 saturated heterocycles. The monoisotopic (exact) mass is 328 g/mol. The van der Waals surface area contributed by atoms with E-state index < -0.39 is 6.10 Å². The zero-order chi connectivity index (χ0) is 16.7. The second-order valence-corrected chi connectivity index (χ2v) is 6.61. The van der Waals surface area contributed by atoms with E-state index in [0.717, 1.165) is 22.6 Å². The molecule has 1 aromatic carbocycles. The highest BCUT2D eigenvalue weighted by atomic mass is 16.5. The van der Waals surface area contributed by atoms with E-state index in [1.807, 2.05) is 31.2 Å². The van der Waals surface area contributed by atoms with E-state index in [1.165, 1.54) is 0 Å². The molecule has 0 spiro atoms. The van der Waals surface area contributed by atoms with Gasteiger partial charge in [0.1, 0.15) is 5.76 Å². The number of carbonyl (C=O) groups excluding carboxylic acids is 1. The summed E-state index contributed by atoms with van der Waals surface area (Å²) < 4.78 is 10.7. The van der Waals surface area contributed by atoms with Crippen molar-refractivity contribution in [2.45, 2.75) is 32.7 Å². The van der Waals surface area contributed by atoms with Crippen LogP contribution in [0, 0.1) is 12.8 Å². The number of β-amino-alcohol motifs (C(OH)–C–C–N with tert-alkyl or cyclic N) is 1. The summed E-state index contributed by atoms with van der Waals surface area (Å²) in [4.78, 5) is 14.6. The quantitative estimate of drug-likeness (QED) is 0.928. The van der Waals surface area contributed by atoms with Crippen molar-refractivity contribution in [3.8, 4) is 0 Å². The second-order valence-electron chi connectivity index (χ2n) is 6.61. The minimum absolute atomic E-state index is 0.0330. The Morgan fingerprint density at radius 2 is 2.25 bits per heavy atom. The largest absolute Gasteiger partial charge is 0.391 e. The molecule has 126 valence electrons. The summed E-state index contributed by atoms with van der Waals surface area (Å²) in [6.45, 7) is 3.78. The number of benzene rings is 1. The third-order valence-corrected chi connectivity index (χ3v) is 4.84. The molecule has 2 aliphatic rings. The van der Waals surface area contributed by atoms with Crippen LogP contribution in [0.15, 0.2) is 28.8 Å². The lowest BCUT2D eigenvalue weighted by molar-refractivity contribution is 0.0760. The summed E-state index contributed by atoms with van der Waals surface area (Å²) in [6.07, 6.45) is 0.0364. The maximum absolute atomic E-state index is 12.9. The Labute approximate surface area is 140 Å². The maximum atomic E-state index is 12.9. The first-order chi connectivity index (χ1) is 11.6. The molecular weight excluding hydrogens is 308 g/mol. The van der Waals surface area contributed by atoms with Gasteiger partial charge in [-0.1, -0.05) is 17.3 Å². The van der Waals surface area contributed by atoms with Crippen molar-refractivity contribution in [2.24, 2.45) is 5.92 Å². The number of hydrogen-bond acceptors (Lipinski definition) is 5. The molecule has 4 rings (SSSR count). The molecule has 0 saturated carbocycles. The number of carbonyl (C=O) groups is 1. The molecule has 1 aromatic heterocycles. The van der Waals surface area contributed by atoms with E-state index in [4.69, 9.17) is 9.26 Å². The van der Waals surface area contributed by atoms with Crippen LogP contribution in [0.2, 0.25) is 0 Å². The van der Waals surface area contributed by atoms with E-state index in [2.05, 4.69) is 5.16 Å². The van der Waals surface area contributed by atoms with Gasteiger partial charge in [0.15, 0.2) is 0 Å². The number of aliphatic hydroxyl groups is 1. The van der Waals surface area contributed by atoms with Crippen LogP contribution >= 0.6 is 0 Å². The van der Waals surface area contributed by atoms with E-state index in [-0.39, 0.29) is 11.8 Å². The highest BCUT2D eigenvalue weighted by Gasteiger charge is 2.36. The number of rotatable bonds is 3. The molecule has 0 bridgehead atoms. The fourth-order valence-electron chi connectivity index (χ4n) is 3.57. The van der Waals surface area contributed by atoms with Crippen LogP contribution in [0.25, 0.3) is 0 Å². The number of aliphatic hydroxyl groups excluding tert-OH is 1. The number of likely N-dealkylation sites (tertiary alicyclic amines) is 1. The van der Waals surface area contributed by atoms with Crippen molar-refractivity contribution < 1.29 is 19.2 Å². The summed E-state index contributed by atoms with van der Waals surface area (Å²) in [7, 11) is 0. The summed E-state index contributed by atoms with van der Waals surface area (Å²) in [5.41, 5.74) is 3.57. The minimum atomic E-state index is -0.549. The molecular formula is C18H20N2O4. The van der Waals surface area contributed by atoms with Gasteiger partial charge in [-0.15, -0.1) is 0 Å². The zero-order valence-electron chi connectivity index (χ0n) is 13.6. The fourth-order valence-corrected chi connectivity index (χ4v) is 3.57. The second kappa shape index (κ2) is 6.03. The number of nitrogens with zero attached hydrogens (tertiary/aromatic N) is 2.